The standard InChI is InChI=1S/C13H9Cl3N4/c14-9-1-5-11(6-2-9)17-19-13(16)20-18-12-7-3-10(15)4-8-12/h1-8,17H/b19-13+,20-18?. The van der Waals surface area contributed by atoms with Crippen molar-refractivity contribution in [3.05, 3.63) is 58.6 Å². The summed E-state index contributed by atoms with van der Waals surface area (Å²) < 4.78 is 0. The van der Waals surface area contributed by atoms with Gasteiger partial charge in [0.15, 0.2) is 0 Å². The summed E-state index contributed by atoms with van der Waals surface area (Å²) in [7, 11) is 0. The Balaban J connectivity index is 1.96. The van der Waals surface area contributed by atoms with Crippen molar-refractivity contribution in [3.63, 3.8) is 0 Å². The Bertz CT molecular complexity index is 621. The second-order valence-electron chi connectivity index (χ2n) is 3.68. The normalized spacial score (nSPS) is 11.8. The Morgan fingerprint density at radius 1 is 0.850 bits per heavy atom. The van der Waals surface area contributed by atoms with Crippen molar-refractivity contribution < 1.29 is 0 Å². The lowest BCUT2D eigenvalue weighted by Gasteiger charge is -1.99. The molecular formula is C13H9Cl3N4. The molecule has 0 radical (unpaired) electrons. The molecule has 1 N–H and O–H groups in total. The van der Waals surface area contributed by atoms with Crippen LogP contribution >= 0.6 is 34.8 Å². The van der Waals surface area contributed by atoms with Crippen LogP contribution in [0.5, 0.6) is 0 Å². The average Bonchev–Trinajstić information content (AvgIpc) is 2.46. The van der Waals surface area contributed by atoms with E-state index in [4.69, 9.17) is 34.8 Å². The second-order valence-corrected chi connectivity index (χ2v) is 4.89. The number of hydrogen-bond donors (Lipinski definition) is 1. The summed E-state index contributed by atoms with van der Waals surface area (Å²) in [6.45, 7) is 0. The van der Waals surface area contributed by atoms with E-state index in [9.17, 15) is 0 Å². The fourth-order valence-corrected chi connectivity index (χ4v) is 1.60. The van der Waals surface area contributed by atoms with Gasteiger partial charge in [-0.3, -0.25) is 5.43 Å². The van der Waals surface area contributed by atoms with Crippen LogP contribution in [0, 0.1) is 0 Å². The molecular weight excluding hydrogens is 319 g/mol. The quantitative estimate of drug-likeness (QED) is 0.254. The van der Waals surface area contributed by atoms with E-state index in [2.05, 4.69) is 20.8 Å². The maximum absolute atomic E-state index is 5.82. The molecule has 0 amide bonds. The van der Waals surface area contributed by atoms with Gasteiger partial charge in [-0.15, -0.1) is 15.3 Å². The summed E-state index contributed by atoms with van der Waals surface area (Å²) in [4.78, 5) is 0. The van der Waals surface area contributed by atoms with E-state index in [0.29, 0.717) is 15.7 Å². The number of nitrogens with one attached hydrogen (secondary N) is 1. The maximum atomic E-state index is 5.82. The molecule has 0 saturated carbocycles. The van der Waals surface area contributed by atoms with Crippen molar-refractivity contribution in [3.8, 4) is 0 Å². The molecule has 0 saturated heterocycles. The molecule has 0 aromatic heterocycles. The molecule has 2 aromatic carbocycles. The number of hydrazone groups is 1. The number of amidine groups is 1. The predicted molar refractivity (Wildman–Crippen MR) is 84.3 cm³/mol. The van der Waals surface area contributed by atoms with Crippen LogP contribution in [0.2, 0.25) is 10.0 Å². The Morgan fingerprint density at radius 3 is 2.00 bits per heavy atom. The van der Waals surface area contributed by atoms with Crippen molar-refractivity contribution in [1.82, 2.24) is 0 Å². The fourth-order valence-electron chi connectivity index (χ4n) is 1.26. The molecule has 0 atom stereocenters. The molecule has 0 aliphatic rings. The number of benzene rings is 2. The molecule has 7 heteroatoms. The van der Waals surface area contributed by atoms with Gasteiger partial charge in [-0.05, 0) is 60.1 Å². The van der Waals surface area contributed by atoms with Gasteiger partial charge in [0.1, 0.15) is 0 Å². The van der Waals surface area contributed by atoms with Gasteiger partial charge >= 0.3 is 0 Å². The first kappa shape index (κ1) is 14.8. The van der Waals surface area contributed by atoms with Crippen LogP contribution in [0.3, 0.4) is 0 Å². The zero-order valence-corrected chi connectivity index (χ0v) is 12.4. The van der Waals surface area contributed by atoms with E-state index in [1.54, 1.807) is 48.5 Å². The molecule has 0 aliphatic carbocycles. The topological polar surface area (TPSA) is 49.1 Å². The van der Waals surface area contributed by atoms with Crippen LogP contribution in [-0.4, -0.2) is 5.29 Å². The molecule has 102 valence electrons. The van der Waals surface area contributed by atoms with E-state index >= 15 is 0 Å². The SMILES string of the molecule is Cl/C(N=Nc1ccc(Cl)cc1)=N\Nc1ccc(Cl)cc1. The third-order valence-corrected chi connectivity index (χ3v) is 2.86. The Morgan fingerprint density at radius 2 is 1.40 bits per heavy atom. The van der Waals surface area contributed by atoms with Crippen LogP contribution in [-0.2, 0) is 0 Å². The van der Waals surface area contributed by atoms with Crippen LogP contribution in [0.25, 0.3) is 0 Å². The summed E-state index contributed by atoms with van der Waals surface area (Å²) >= 11 is 17.4. The highest BCUT2D eigenvalue weighted by Crippen LogP contribution is 2.17. The molecule has 4 nitrogen and oxygen atoms in total. The average molecular weight is 328 g/mol. The lowest BCUT2D eigenvalue weighted by molar-refractivity contribution is 1.25. The summed E-state index contributed by atoms with van der Waals surface area (Å²) in [6.07, 6.45) is 0. The van der Waals surface area contributed by atoms with Crippen molar-refractivity contribution >= 4 is 51.5 Å². The first-order valence-electron chi connectivity index (χ1n) is 5.55. The van der Waals surface area contributed by atoms with Gasteiger partial charge in [0, 0.05) is 10.0 Å². The van der Waals surface area contributed by atoms with Crippen molar-refractivity contribution in [2.24, 2.45) is 15.3 Å². The minimum absolute atomic E-state index is 0.0186. The number of nitrogens with zero attached hydrogens (tertiary/aromatic N) is 3. The first-order chi connectivity index (χ1) is 9.63. The van der Waals surface area contributed by atoms with Crippen molar-refractivity contribution in [1.29, 1.82) is 0 Å². The third-order valence-electron chi connectivity index (χ3n) is 2.20. The molecule has 2 rings (SSSR count). The Hall–Kier alpha value is -1.62. The minimum Gasteiger partial charge on any atom is -0.275 e. The molecule has 0 fully saturated rings. The van der Waals surface area contributed by atoms with Crippen LogP contribution in [0.1, 0.15) is 0 Å². The van der Waals surface area contributed by atoms with Crippen LogP contribution in [0.4, 0.5) is 11.4 Å². The summed E-state index contributed by atoms with van der Waals surface area (Å²) in [5, 5.41) is 12.8. The molecule has 20 heavy (non-hydrogen) atoms. The second kappa shape index (κ2) is 7.24. The monoisotopic (exact) mass is 326 g/mol. The summed E-state index contributed by atoms with van der Waals surface area (Å²) in [6, 6.07) is 13.9. The van der Waals surface area contributed by atoms with Gasteiger partial charge in [0.2, 0.25) is 0 Å². The predicted octanol–water partition coefficient (Wildman–Crippen LogP) is 5.70. The largest absolute Gasteiger partial charge is 0.275 e. The van der Waals surface area contributed by atoms with Crippen LogP contribution in [0.15, 0.2) is 63.9 Å². The highest BCUT2D eigenvalue weighted by molar-refractivity contribution is 6.65. The molecule has 0 spiro atoms. The van der Waals surface area contributed by atoms with Crippen molar-refractivity contribution in [2.75, 3.05) is 5.43 Å². The fraction of sp³-hybridized carbons (Fsp3) is 0. The minimum atomic E-state index is -0.0186. The van der Waals surface area contributed by atoms with E-state index in [1.165, 1.54) is 0 Å². The highest BCUT2D eigenvalue weighted by Gasteiger charge is 1.94. The smallest absolute Gasteiger partial charge is 0.260 e. The summed E-state index contributed by atoms with van der Waals surface area (Å²) in [5.74, 6) is 0. The molecule has 0 heterocycles. The van der Waals surface area contributed by atoms with Crippen LogP contribution < -0.4 is 5.43 Å². The van der Waals surface area contributed by atoms with E-state index in [-0.39, 0.29) is 5.29 Å². The molecule has 2 aromatic rings. The number of halogens is 3. The first-order valence-corrected chi connectivity index (χ1v) is 6.69. The van der Waals surface area contributed by atoms with Gasteiger partial charge in [-0.2, -0.15) is 0 Å². The van der Waals surface area contributed by atoms with E-state index < -0.39 is 0 Å². The molecule has 0 aliphatic heterocycles. The lowest BCUT2D eigenvalue weighted by Crippen LogP contribution is -1.91. The zero-order valence-electron chi connectivity index (χ0n) is 10.1. The third kappa shape index (κ3) is 4.81. The number of rotatable bonds is 3. The van der Waals surface area contributed by atoms with Gasteiger partial charge in [-0.1, -0.05) is 23.2 Å². The molecule has 0 unspecified atom stereocenters. The van der Waals surface area contributed by atoms with Gasteiger partial charge < -0.3 is 0 Å². The number of hydrogen-bond acceptors (Lipinski definition) is 3. The maximum Gasteiger partial charge on any atom is 0.260 e. The number of anilines is 1. The van der Waals surface area contributed by atoms with Crippen molar-refractivity contribution in [2.45, 2.75) is 0 Å². The highest BCUT2D eigenvalue weighted by atomic mass is 35.5. The van der Waals surface area contributed by atoms with Gasteiger partial charge in [-0.25, -0.2) is 0 Å². The Labute approximate surface area is 131 Å². The van der Waals surface area contributed by atoms with E-state index in [1.807, 2.05) is 0 Å². The molecule has 0 bridgehead atoms. The van der Waals surface area contributed by atoms with Gasteiger partial charge in [0.05, 0.1) is 11.4 Å². The van der Waals surface area contributed by atoms with Gasteiger partial charge in [0.25, 0.3) is 5.29 Å². The number of azo groups is 1. The zero-order chi connectivity index (χ0) is 14.4. The Kier molecular flexibility index (Phi) is 5.35. The summed E-state index contributed by atoms with van der Waals surface area (Å²) in [5.41, 5.74) is 4.12. The lowest BCUT2D eigenvalue weighted by atomic mass is 10.3. The van der Waals surface area contributed by atoms with E-state index in [0.717, 1.165) is 5.69 Å².